The Morgan fingerprint density at radius 1 is 1.32 bits per heavy atom. The molecular weight excluding hydrogens is 505 g/mol. The van der Waals surface area contributed by atoms with E-state index in [9.17, 15) is 23.1 Å². The van der Waals surface area contributed by atoms with Gasteiger partial charge in [-0.3, -0.25) is 4.79 Å². The Morgan fingerprint density at radius 2 is 2.03 bits per heavy atom. The summed E-state index contributed by atoms with van der Waals surface area (Å²) in [7, 11) is 1.65. The van der Waals surface area contributed by atoms with E-state index >= 15 is 0 Å². The molecule has 2 fully saturated rings. The maximum Gasteiger partial charge on any atom is 0.490 e. The van der Waals surface area contributed by atoms with Crippen LogP contribution in [-0.4, -0.2) is 73.9 Å². The number of carbonyl (C=O) groups is 2. The molecule has 5 N–H and O–H groups in total. The lowest BCUT2D eigenvalue weighted by Gasteiger charge is -2.29. The number of nitrogen functional groups attached to an aromatic ring is 1. The van der Waals surface area contributed by atoms with E-state index in [0.29, 0.717) is 28.8 Å². The molecule has 2 aliphatic rings. The number of halogens is 3. The van der Waals surface area contributed by atoms with Crippen LogP contribution >= 0.6 is 0 Å². The fraction of sp³-hybridized carbons (Fsp3) is 0.320. The molecule has 0 radical (unpaired) electrons. The predicted octanol–water partition coefficient (Wildman–Crippen LogP) is 1.89. The summed E-state index contributed by atoms with van der Waals surface area (Å²) in [5.41, 5.74) is 8.59. The number of carboxylic acid groups (broad SMARTS) is 1. The van der Waals surface area contributed by atoms with Gasteiger partial charge in [0, 0.05) is 37.2 Å². The number of hydrogen-bond acceptors (Lipinski definition) is 8. The lowest BCUT2D eigenvalue weighted by molar-refractivity contribution is -0.192. The number of aliphatic hydroxyl groups is 1. The standard InChI is InChI=1S/C23H22N6O2.C2HF3O2/c1-29-10-8-23(31,22(29)30)7-5-14-3-2-4-15(11-14)18-12-16(17-6-9-25-17)19-20(28-18)21(24)27-13-26-19;3-2(4,5)1(6)7/h2-4,11-13,17,25,31H,6,8-10H2,1H3,(H2,24,26,27);(H,6,7)/t17?,23-;/m0./s1/i13D;. The third-order valence-corrected chi connectivity index (χ3v) is 6.12. The number of anilines is 1. The molecule has 0 saturated carbocycles. The van der Waals surface area contributed by atoms with Crippen LogP contribution in [0.4, 0.5) is 19.0 Å². The first-order chi connectivity index (χ1) is 18.3. The molecule has 1 aromatic carbocycles. The van der Waals surface area contributed by atoms with Crippen LogP contribution in [0.25, 0.3) is 22.3 Å². The molecule has 0 aliphatic carbocycles. The first-order valence-corrected chi connectivity index (χ1v) is 11.4. The normalized spacial score (nSPS) is 21.1. The van der Waals surface area contributed by atoms with Crippen molar-refractivity contribution in [3.63, 3.8) is 0 Å². The second kappa shape index (κ2) is 10.2. The van der Waals surface area contributed by atoms with Crippen LogP contribution in [0.3, 0.4) is 0 Å². The number of likely N-dealkylation sites (N-methyl/N-ethyl adjacent to an activating group) is 1. The number of amides is 1. The van der Waals surface area contributed by atoms with Gasteiger partial charge in [0.25, 0.3) is 5.91 Å². The van der Waals surface area contributed by atoms with Crippen LogP contribution in [0.2, 0.25) is 0 Å². The fourth-order valence-electron chi connectivity index (χ4n) is 3.91. The summed E-state index contributed by atoms with van der Waals surface area (Å²) >= 11 is 0. The van der Waals surface area contributed by atoms with Crippen molar-refractivity contribution in [2.45, 2.75) is 30.7 Å². The summed E-state index contributed by atoms with van der Waals surface area (Å²) in [6.07, 6.45) is -3.97. The van der Waals surface area contributed by atoms with E-state index in [-0.39, 0.29) is 30.5 Å². The van der Waals surface area contributed by atoms with Crippen molar-refractivity contribution in [3.05, 3.63) is 47.8 Å². The zero-order valence-corrected chi connectivity index (χ0v) is 20.0. The maximum absolute atomic E-state index is 12.2. The Morgan fingerprint density at radius 3 is 2.61 bits per heavy atom. The van der Waals surface area contributed by atoms with E-state index in [1.54, 1.807) is 7.05 Å². The topological polar surface area (TPSA) is 155 Å². The van der Waals surface area contributed by atoms with Crippen molar-refractivity contribution in [3.8, 4) is 23.1 Å². The number of carboxylic acids is 1. The monoisotopic (exact) mass is 529 g/mol. The first-order valence-electron chi connectivity index (χ1n) is 11.9. The predicted molar refractivity (Wildman–Crippen MR) is 130 cm³/mol. The highest BCUT2D eigenvalue weighted by molar-refractivity contribution is 5.91. The molecule has 1 amide bonds. The van der Waals surface area contributed by atoms with Gasteiger partial charge in [0.15, 0.2) is 5.82 Å². The van der Waals surface area contributed by atoms with Crippen LogP contribution in [-0.2, 0) is 9.59 Å². The van der Waals surface area contributed by atoms with Gasteiger partial charge >= 0.3 is 12.1 Å². The third-order valence-electron chi connectivity index (χ3n) is 6.12. The smallest absolute Gasteiger partial charge is 0.475 e. The summed E-state index contributed by atoms with van der Waals surface area (Å²) in [4.78, 5) is 35.5. The van der Waals surface area contributed by atoms with Gasteiger partial charge in [0.1, 0.15) is 13.2 Å². The molecule has 10 nitrogen and oxygen atoms in total. The lowest BCUT2D eigenvalue weighted by Crippen LogP contribution is -2.37. The number of rotatable bonds is 2. The van der Waals surface area contributed by atoms with E-state index < -0.39 is 17.7 Å². The van der Waals surface area contributed by atoms with E-state index in [4.69, 9.17) is 17.0 Å². The SMILES string of the molecule is O=C(O)C(F)(F)F.[2H]c1nc(N)c2nc(-c3cccc(C#C[C@]4(O)CCN(C)C4=O)c3)cc(C3CCN3)c2n1. The number of pyridine rings is 1. The summed E-state index contributed by atoms with van der Waals surface area (Å²) in [5, 5.41) is 21.0. The zero-order valence-electron chi connectivity index (χ0n) is 21.0. The molecule has 38 heavy (non-hydrogen) atoms. The Balaban J connectivity index is 0.000000448. The molecule has 2 saturated heterocycles. The summed E-state index contributed by atoms with van der Waals surface area (Å²) in [6, 6.07) is 9.53. The first kappa shape index (κ1) is 25.4. The van der Waals surface area contributed by atoms with Crippen molar-refractivity contribution in [2.75, 3.05) is 25.9 Å². The minimum absolute atomic E-state index is 0.121. The van der Waals surface area contributed by atoms with Crippen LogP contribution in [0.5, 0.6) is 0 Å². The largest absolute Gasteiger partial charge is 0.490 e. The van der Waals surface area contributed by atoms with Crippen LogP contribution in [0.15, 0.2) is 36.6 Å². The average Bonchev–Trinajstić information content (AvgIpc) is 3.10. The number of likely N-dealkylation sites (tertiary alicyclic amines) is 1. The van der Waals surface area contributed by atoms with Crippen molar-refractivity contribution in [1.82, 2.24) is 25.2 Å². The Kier molecular flexibility index (Phi) is 6.83. The summed E-state index contributed by atoms with van der Waals surface area (Å²) in [5.74, 6) is 2.73. The fourth-order valence-corrected chi connectivity index (χ4v) is 3.91. The van der Waals surface area contributed by atoms with Crippen molar-refractivity contribution < 1.29 is 34.3 Å². The van der Waals surface area contributed by atoms with Gasteiger partial charge in [-0.25, -0.2) is 19.7 Å². The van der Waals surface area contributed by atoms with Gasteiger partial charge in [-0.05, 0) is 36.7 Å². The second-order valence-corrected chi connectivity index (χ2v) is 8.77. The molecular formula is C25H23F3N6O4. The molecule has 13 heteroatoms. The molecule has 2 aromatic heterocycles. The molecule has 4 heterocycles. The van der Waals surface area contributed by atoms with E-state index in [0.717, 1.165) is 24.1 Å². The van der Waals surface area contributed by atoms with E-state index in [1.165, 1.54) is 4.90 Å². The van der Waals surface area contributed by atoms with Gasteiger partial charge in [0.05, 0.1) is 11.2 Å². The van der Waals surface area contributed by atoms with Crippen molar-refractivity contribution in [2.24, 2.45) is 0 Å². The number of alkyl halides is 3. The average molecular weight is 529 g/mol. The van der Waals surface area contributed by atoms with Crippen molar-refractivity contribution in [1.29, 1.82) is 0 Å². The Labute approximate surface area is 216 Å². The molecule has 198 valence electrons. The van der Waals surface area contributed by atoms with E-state index in [1.807, 2.05) is 30.3 Å². The number of aromatic nitrogens is 3. The van der Waals surface area contributed by atoms with Crippen LogP contribution < -0.4 is 11.1 Å². The van der Waals surface area contributed by atoms with Gasteiger partial charge < -0.3 is 26.2 Å². The van der Waals surface area contributed by atoms with Gasteiger partial charge in [-0.1, -0.05) is 24.0 Å². The van der Waals surface area contributed by atoms with Crippen molar-refractivity contribution >= 4 is 28.7 Å². The molecule has 0 spiro atoms. The third kappa shape index (κ3) is 5.51. The van der Waals surface area contributed by atoms with Crippen LogP contribution in [0, 0.1) is 11.8 Å². The second-order valence-electron chi connectivity index (χ2n) is 8.77. The minimum atomic E-state index is -5.08. The molecule has 2 aliphatic heterocycles. The summed E-state index contributed by atoms with van der Waals surface area (Å²) in [6.45, 7) is 1.40. The number of carbonyl (C=O) groups excluding carboxylic acids is 1. The molecule has 1 unspecified atom stereocenters. The Hall–Kier alpha value is -4.28. The van der Waals surface area contributed by atoms with Crippen LogP contribution in [0.1, 0.15) is 31.4 Å². The zero-order chi connectivity index (χ0) is 28.5. The molecule has 5 rings (SSSR count). The number of nitrogens with zero attached hydrogens (tertiary/aromatic N) is 4. The molecule has 0 bridgehead atoms. The lowest BCUT2D eigenvalue weighted by atomic mass is 9.95. The minimum Gasteiger partial charge on any atom is -0.475 e. The number of aliphatic carboxylic acids is 1. The highest BCUT2D eigenvalue weighted by Crippen LogP contribution is 2.33. The number of nitrogens with one attached hydrogen (secondary N) is 1. The van der Waals surface area contributed by atoms with Gasteiger partial charge in [-0.2, -0.15) is 13.2 Å². The van der Waals surface area contributed by atoms with Gasteiger partial charge in [0.2, 0.25) is 5.60 Å². The number of hydrogen-bond donors (Lipinski definition) is 4. The highest BCUT2D eigenvalue weighted by Gasteiger charge is 2.42. The molecule has 3 aromatic rings. The number of fused-ring (bicyclic) bond motifs is 1. The quantitative estimate of drug-likeness (QED) is 0.364. The van der Waals surface area contributed by atoms with Gasteiger partial charge in [-0.15, -0.1) is 0 Å². The highest BCUT2D eigenvalue weighted by atomic mass is 19.4. The molecule has 2 atom stereocenters. The van der Waals surface area contributed by atoms with E-state index in [2.05, 4.69) is 32.1 Å². The maximum atomic E-state index is 12.2. The summed E-state index contributed by atoms with van der Waals surface area (Å²) < 4.78 is 39.6. The number of benzene rings is 1. The Bertz CT molecular complexity index is 1520. The number of nitrogens with two attached hydrogens (primary N) is 1.